The molecule has 2 aromatic rings. The van der Waals surface area contributed by atoms with Gasteiger partial charge >= 0.3 is 6.03 Å². The fourth-order valence-corrected chi connectivity index (χ4v) is 2.05. The van der Waals surface area contributed by atoms with Crippen molar-refractivity contribution in [2.75, 3.05) is 25.6 Å². The minimum absolute atomic E-state index is 0.306. The van der Waals surface area contributed by atoms with Crippen molar-refractivity contribution in [2.45, 2.75) is 6.92 Å². The van der Waals surface area contributed by atoms with Gasteiger partial charge < -0.3 is 20.1 Å². The van der Waals surface area contributed by atoms with Gasteiger partial charge in [0.1, 0.15) is 18.1 Å². The van der Waals surface area contributed by atoms with Gasteiger partial charge in [-0.15, -0.1) is 0 Å². The number of benzene rings is 2. The van der Waals surface area contributed by atoms with Crippen molar-refractivity contribution in [2.24, 2.45) is 0 Å². The third-order valence-corrected chi connectivity index (χ3v) is 3.53. The Morgan fingerprint density at radius 3 is 2.70 bits per heavy atom. The fraction of sp³-hybridized carbons (Fsp3) is 0.235. The van der Waals surface area contributed by atoms with E-state index >= 15 is 0 Å². The molecule has 0 atom stereocenters. The summed E-state index contributed by atoms with van der Waals surface area (Å²) in [5, 5.41) is 6.05. The fourth-order valence-electron chi connectivity index (χ4n) is 1.87. The molecule has 122 valence electrons. The molecule has 0 fully saturated rings. The molecule has 0 unspecified atom stereocenters. The van der Waals surface area contributed by atoms with Gasteiger partial charge in [-0.25, -0.2) is 4.79 Å². The minimum Gasteiger partial charge on any atom is -0.497 e. The molecule has 0 heterocycles. The molecule has 0 aliphatic rings. The summed E-state index contributed by atoms with van der Waals surface area (Å²) in [4.78, 5) is 11.8. The third kappa shape index (κ3) is 5.38. The van der Waals surface area contributed by atoms with Gasteiger partial charge in [0.25, 0.3) is 0 Å². The van der Waals surface area contributed by atoms with Gasteiger partial charge in [-0.05, 0) is 36.8 Å². The highest BCUT2D eigenvalue weighted by Gasteiger charge is 2.03. The Bertz CT molecular complexity index is 677. The average Bonchev–Trinajstić information content (AvgIpc) is 2.55. The first-order chi connectivity index (χ1) is 11.1. The van der Waals surface area contributed by atoms with Crippen LogP contribution in [0.1, 0.15) is 5.56 Å². The van der Waals surface area contributed by atoms with Gasteiger partial charge in [0.15, 0.2) is 0 Å². The van der Waals surface area contributed by atoms with Gasteiger partial charge in [0, 0.05) is 16.8 Å². The number of carbonyl (C=O) groups excluding carboxylic acids is 1. The zero-order valence-corrected chi connectivity index (χ0v) is 13.8. The summed E-state index contributed by atoms with van der Waals surface area (Å²) < 4.78 is 10.7. The Kier molecular flexibility index (Phi) is 6.11. The largest absolute Gasteiger partial charge is 0.497 e. The van der Waals surface area contributed by atoms with Crippen molar-refractivity contribution < 1.29 is 14.3 Å². The third-order valence-electron chi connectivity index (χ3n) is 3.13. The molecule has 6 heteroatoms. The maximum Gasteiger partial charge on any atom is 0.319 e. The van der Waals surface area contributed by atoms with Crippen molar-refractivity contribution >= 4 is 23.3 Å². The van der Waals surface area contributed by atoms with Crippen LogP contribution in [0.3, 0.4) is 0 Å². The van der Waals surface area contributed by atoms with Crippen LogP contribution in [0.5, 0.6) is 11.5 Å². The van der Waals surface area contributed by atoms with Gasteiger partial charge in [-0.1, -0.05) is 23.7 Å². The molecular weight excluding hydrogens is 316 g/mol. The van der Waals surface area contributed by atoms with Crippen LogP contribution in [0.25, 0.3) is 0 Å². The number of aryl methyl sites for hydroxylation is 1. The zero-order valence-electron chi connectivity index (χ0n) is 13.1. The number of nitrogens with one attached hydrogen (secondary N) is 2. The summed E-state index contributed by atoms with van der Waals surface area (Å²) in [7, 11) is 1.60. The molecule has 23 heavy (non-hydrogen) atoms. The summed E-state index contributed by atoms with van der Waals surface area (Å²) in [6.45, 7) is 2.64. The Morgan fingerprint density at radius 1 is 1.17 bits per heavy atom. The van der Waals surface area contributed by atoms with Gasteiger partial charge in [-0.2, -0.15) is 0 Å². The SMILES string of the molecule is COc1cccc(OCCNC(=O)Nc2ccc(C)c(Cl)c2)c1. The van der Waals surface area contributed by atoms with Crippen LogP contribution in [0.15, 0.2) is 42.5 Å². The Labute approximate surface area is 140 Å². The number of hydrogen-bond donors (Lipinski definition) is 2. The van der Waals surface area contributed by atoms with Crippen LogP contribution < -0.4 is 20.1 Å². The molecule has 0 saturated carbocycles. The van der Waals surface area contributed by atoms with E-state index in [-0.39, 0.29) is 6.03 Å². The van der Waals surface area contributed by atoms with E-state index in [1.165, 1.54) is 0 Å². The molecule has 2 N–H and O–H groups in total. The van der Waals surface area contributed by atoms with Crippen LogP contribution in [-0.2, 0) is 0 Å². The second-order valence-corrected chi connectivity index (χ2v) is 5.28. The van der Waals surface area contributed by atoms with Gasteiger partial charge in [0.05, 0.1) is 13.7 Å². The van der Waals surface area contributed by atoms with Crippen molar-refractivity contribution in [3.8, 4) is 11.5 Å². The lowest BCUT2D eigenvalue weighted by molar-refractivity contribution is 0.247. The molecule has 0 aliphatic heterocycles. The number of hydrogen-bond acceptors (Lipinski definition) is 3. The standard InChI is InChI=1S/C17H19ClN2O3/c1-12-6-7-13(10-16(12)18)20-17(21)19-8-9-23-15-5-3-4-14(11-15)22-2/h3-7,10-11H,8-9H2,1-2H3,(H2,19,20,21). The Hall–Kier alpha value is -2.40. The van der Waals surface area contributed by atoms with Crippen molar-refractivity contribution in [3.63, 3.8) is 0 Å². The monoisotopic (exact) mass is 334 g/mol. The van der Waals surface area contributed by atoms with E-state index in [4.69, 9.17) is 21.1 Å². The second kappa shape index (κ2) is 8.29. The number of urea groups is 1. The molecule has 5 nitrogen and oxygen atoms in total. The van der Waals surface area contributed by atoms with Crippen molar-refractivity contribution in [3.05, 3.63) is 53.1 Å². The van der Waals surface area contributed by atoms with Gasteiger partial charge in [0.2, 0.25) is 0 Å². The Balaban J connectivity index is 1.73. The maximum atomic E-state index is 11.8. The number of ether oxygens (including phenoxy) is 2. The number of amides is 2. The van der Waals surface area contributed by atoms with E-state index in [1.54, 1.807) is 25.3 Å². The summed E-state index contributed by atoms with van der Waals surface area (Å²) in [6.07, 6.45) is 0. The lowest BCUT2D eigenvalue weighted by Gasteiger charge is -2.10. The van der Waals surface area contributed by atoms with Crippen LogP contribution in [0, 0.1) is 6.92 Å². The quantitative estimate of drug-likeness (QED) is 0.789. The van der Waals surface area contributed by atoms with E-state index < -0.39 is 0 Å². The first-order valence-electron chi connectivity index (χ1n) is 7.16. The molecule has 0 bridgehead atoms. The lowest BCUT2D eigenvalue weighted by Crippen LogP contribution is -2.32. The first-order valence-corrected chi connectivity index (χ1v) is 7.54. The highest BCUT2D eigenvalue weighted by Crippen LogP contribution is 2.20. The molecule has 0 spiro atoms. The molecule has 0 aromatic heterocycles. The van der Waals surface area contributed by atoms with Crippen LogP contribution in [0.4, 0.5) is 10.5 Å². The minimum atomic E-state index is -0.306. The summed E-state index contributed by atoms with van der Waals surface area (Å²) in [5.74, 6) is 1.42. The number of anilines is 1. The normalized spacial score (nSPS) is 10.0. The van der Waals surface area contributed by atoms with Crippen molar-refractivity contribution in [1.82, 2.24) is 5.32 Å². The summed E-state index contributed by atoms with van der Waals surface area (Å²) in [6, 6.07) is 12.4. The molecule has 0 aliphatic carbocycles. The molecule has 2 aromatic carbocycles. The highest BCUT2D eigenvalue weighted by molar-refractivity contribution is 6.31. The van der Waals surface area contributed by atoms with Crippen LogP contribution >= 0.6 is 11.6 Å². The number of methoxy groups -OCH3 is 1. The van der Waals surface area contributed by atoms with E-state index in [0.29, 0.717) is 29.6 Å². The van der Waals surface area contributed by atoms with E-state index in [1.807, 2.05) is 31.2 Å². The van der Waals surface area contributed by atoms with Crippen LogP contribution in [-0.4, -0.2) is 26.3 Å². The number of carbonyl (C=O) groups is 1. The smallest absolute Gasteiger partial charge is 0.319 e. The zero-order chi connectivity index (χ0) is 16.7. The maximum absolute atomic E-state index is 11.8. The molecule has 0 saturated heterocycles. The Morgan fingerprint density at radius 2 is 1.96 bits per heavy atom. The lowest BCUT2D eigenvalue weighted by atomic mass is 10.2. The molecule has 2 amide bonds. The predicted molar refractivity (Wildman–Crippen MR) is 91.7 cm³/mol. The predicted octanol–water partition coefficient (Wildman–Crippen LogP) is 3.86. The van der Waals surface area contributed by atoms with E-state index in [0.717, 1.165) is 11.3 Å². The van der Waals surface area contributed by atoms with Crippen LogP contribution in [0.2, 0.25) is 5.02 Å². The van der Waals surface area contributed by atoms with E-state index in [2.05, 4.69) is 10.6 Å². The highest BCUT2D eigenvalue weighted by atomic mass is 35.5. The summed E-state index contributed by atoms with van der Waals surface area (Å²) >= 11 is 6.01. The van der Waals surface area contributed by atoms with Crippen molar-refractivity contribution in [1.29, 1.82) is 0 Å². The average molecular weight is 335 g/mol. The molecule has 2 rings (SSSR count). The number of rotatable bonds is 6. The summed E-state index contributed by atoms with van der Waals surface area (Å²) in [5.41, 5.74) is 1.61. The first kappa shape index (κ1) is 17.0. The van der Waals surface area contributed by atoms with E-state index in [9.17, 15) is 4.79 Å². The topological polar surface area (TPSA) is 59.6 Å². The molecular formula is C17H19ClN2O3. The van der Waals surface area contributed by atoms with Gasteiger partial charge in [-0.3, -0.25) is 0 Å². The molecule has 0 radical (unpaired) electrons. The number of halogens is 1. The second-order valence-electron chi connectivity index (χ2n) is 4.87.